The van der Waals surface area contributed by atoms with Gasteiger partial charge in [-0.15, -0.1) is 0 Å². The molecule has 2 aromatic carbocycles. The van der Waals surface area contributed by atoms with E-state index in [0.29, 0.717) is 22.8 Å². The third kappa shape index (κ3) is 5.81. The Balaban J connectivity index is 1.41. The average molecular weight is 484 g/mol. The van der Waals surface area contributed by atoms with E-state index in [-0.39, 0.29) is 11.7 Å². The number of piperazine rings is 1. The standard InChI is InChI=1S/C28H35ClFN3O/c1-3-8-27(21-9-4-5-10-21)33-15-13-32(14-16-33)19-22-17-23(30)18-26(20(22)2)31-28(34)24-11-6-7-12-25(24)29/h6-8,11-12,17-18,21H,3-5,9-10,13-16,19H2,1-2H3,(H,31,34)/b27-8-. The number of benzene rings is 2. The van der Waals surface area contributed by atoms with E-state index in [4.69, 9.17) is 11.6 Å². The molecule has 1 N–H and O–H groups in total. The lowest BCUT2D eigenvalue weighted by Gasteiger charge is -2.39. The van der Waals surface area contributed by atoms with Gasteiger partial charge >= 0.3 is 0 Å². The molecule has 0 unspecified atom stereocenters. The second-order valence-corrected chi connectivity index (χ2v) is 9.86. The van der Waals surface area contributed by atoms with Crippen LogP contribution >= 0.6 is 11.6 Å². The van der Waals surface area contributed by atoms with E-state index in [1.807, 2.05) is 6.92 Å². The molecule has 1 amide bonds. The highest BCUT2D eigenvalue weighted by Gasteiger charge is 2.26. The first kappa shape index (κ1) is 24.7. The zero-order valence-electron chi connectivity index (χ0n) is 20.2. The first-order valence-electron chi connectivity index (χ1n) is 12.5. The first-order valence-corrected chi connectivity index (χ1v) is 12.9. The third-order valence-electron chi connectivity index (χ3n) is 7.16. The second-order valence-electron chi connectivity index (χ2n) is 9.45. The summed E-state index contributed by atoms with van der Waals surface area (Å²) < 4.78 is 14.5. The maximum Gasteiger partial charge on any atom is 0.257 e. The van der Waals surface area contributed by atoms with E-state index in [1.165, 1.54) is 31.7 Å². The van der Waals surface area contributed by atoms with E-state index in [1.54, 1.807) is 36.0 Å². The van der Waals surface area contributed by atoms with E-state index in [2.05, 4.69) is 28.1 Å². The Morgan fingerprint density at radius 3 is 2.53 bits per heavy atom. The van der Waals surface area contributed by atoms with E-state index < -0.39 is 0 Å². The zero-order chi connectivity index (χ0) is 24.1. The number of nitrogens with one attached hydrogen (secondary N) is 1. The van der Waals surface area contributed by atoms with Gasteiger partial charge in [-0.05, 0) is 67.5 Å². The minimum atomic E-state index is -0.344. The van der Waals surface area contributed by atoms with Crippen LogP contribution in [-0.4, -0.2) is 41.9 Å². The molecular formula is C28H35ClFN3O. The molecule has 34 heavy (non-hydrogen) atoms. The number of carbonyl (C=O) groups excluding carboxylic acids is 1. The fraction of sp³-hybridized carbons (Fsp3) is 0.464. The Bertz CT molecular complexity index is 1040. The summed E-state index contributed by atoms with van der Waals surface area (Å²) in [5.74, 6) is 0.0466. The third-order valence-corrected chi connectivity index (χ3v) is 7.49. The molecule has 0 bridgehead atoms. The molecule has 2 aliphatic rings. The number of hydrogen-bond donors (Lipinski definition) is 1. The molecule has 0 atom stereocenters. The monoisotopic (exact) mass is 483 g/mol. The van der Waals surface area contributed by atoms with Crippen molar-refractivity contribution >= 4 is 23.2 Å². The Labute approximate surface area is 207 Å². The first-order chi connectivity index (χ1) is 16.5. The topological polar surface area (TPSA) is 35.6 Å². The molecule has 1 saturated heterocycles. The molecule has 4 nitrogen and oxygen atoms in total. The highest BCUT2D eigenvalue weighted by atomic mass is 35.5. The van der Waals surface area contributed by atoms with Crippen LogP contribution in [0.2, 0.25) is 5.02 Å². The number of nitrogens with zero attached hydrogens (tertiary/aromatic N) is 2. The minimum Gasteiger partial charge on any atom is -0.372 e. The lowest BCUT2D eigenvalue weighted by atomic mass is 10.0. The predicted octanol–water partition coefficient (Wildman–Crippen LogP) is 6.64. The van der Waals surface area contributed by atoms with Gasteiger partial charge in [0.05, 0.1) is 10.6 Å². The normalized spacial score (nSPS) is 17.9. The quantitative estimate of drug-likeness (QED) is 0.479. The fourth-order valence-electron chi connectivity index (χ4n) is 5.25. The van der Waals surface area contributed by atoms with Crippen LogP contribution in [0.25, 0.3) is 0 Å². The summed E-state index contributed by atoms with van der Waals surface area (Å²) in [7, 11) is 0. The van der Waals surface area contributed by atoms with Crippen LogP contribution in [0.1, 0.15) is 60.5 Å². The lowest BCUT2D eigenvalue weighted by molar-refractivity contribution is 0.102. The van der Waals surface area contributed by atoms with Crippen molar-refractivity contribution in [3.05, 3.63) is 75.7 Å². The summed E-state index contributed by atoms with van der Waals surface area (Å²) in [5, 5.41) is 3.23. The molecule has 6 heteroatoms. The van der Waals surface area contributed by atoms with Gasteiger partial charge in [-0.25, -0.2) is 4.39 Å². The fourth-order valence-corrected chi connectivity index (χ4v) is 5.48. The van der Waals surface area contributed by atoms with Crippen molar-refractivity contribution in [1.82, 2.24) is 9.80 Å². The van der Waals surface area contributed by atoms with Crippen LogP contribution in [0.4, 0.5) is 10.1 Å². The van der Waals surface area contributed by atoms with Gasteiger partial charge in [-0.2, -0.15) is 0 Å². The van der Waals surface area contributed by atoms with Gasteiger partial charge < -0.3 is 10.2 Å². The van der Waals surface area contributed by atoms with Crippen molar-refractivity contribution in [3.63, 3.8) is 0 Å². The smallest absolute Gasteiger partial charge is 0.257 e. The van der Waals surface area contributed by atoms with Gasteiger partial charge in [0.1, 0.15) is 5.82 Å². The summed E-state index contributed by atoms with van der Waals surface area (Å²) in [6, 6.07) is 9.85. The van der Waals surface area contributed by atoms with Gasteiger partial charge in [0, 0.05) is 44.1 Å². The molecule has 1 saturated carbocycles. The zero-order valence-corrected chi connectivity index (χ0v) is 21.0. The van der Waals surface area contributed by atoms with Gasteiger partial charge in [-0.1, -0.05) is 49.6 Å². The van der Waals surface area contributed by atoms with Crippen LogP contribution < -0.4 is 5.32 Å². The summed E-state index contributed by atoms with van der Waals surface area (Å²) in [5.41, 5.74) is 4.22. The van der Waals surface area contributed by atoms with Gasteiger partial charge in [0.15, 0.2) is 0 Å². The van der Waals surface area contributed by atoms with Crippen LogP contribution in [0.5, 0.6) is 0 Å². The number of allylic oxidation sites excluding steroid dienone is 2. The van der Waals surface area contributed by atoms with Crippen LogP contribution in [-0.2, 0) is 6.54 Å². The highest BCUT2D eigenvalue weighted by molar-refractivity contribution is 6.34. The Morgan fingerprint density at radius 1 is 1.15 bits per heavy atom. The molecule has 182 valence electrons. The summed E-state index contributed by atoms with van der Waals surface area (Å²) in [6.07, 6.45) is 8.84. The average Bonchev–Trinajstić information content (AvgIpc) is 3.36. The van der Waals surface area contributed by atoms with Crippen molar-refractivity contribution in [1.29, 1.82) is 0 Å². The maximum atomic E-state index is 14.5. The molecule has 1 heterocycles. The second kappa shape index (κ2) is 11.4. The van der Waals surface area contributed by atoms with Gasteiger partial charge in [-0.3, -0.25) is 9.69 Å². The molecule has 0 aromatic heterocycles. The van der Waals surface area contributed by atoms with Gasteiger partial charge in [0.25, 0.3) is 5.91 Å². The molecule has 0 radical (unpaired) electrons. The van der Waals surface area contributed by atoms with Crippen LogP contribution in [0.15, 0.2) is 48.2 Å². The van der Waals surface area contributed by atoms with Crippen molar-refractivity contribution in [2.45, 2.75) is 52.5 Å². The van der Waals surface area contributed by atoms with E-state index in [0.717, 1.165) is 49.6 Å². The summed E-state index contributed by atoms with van der Waals surface area (Å²) in [6.45, 7) is 8.74. The SMILES string of the molecule is CC/C=C(/C1CCCC1)N1CCN(Cc2cc(F)cc(NC(=O)c3ccccc3Cl)c2C)CC1. The highest BCUT2D eigenvalue weighted by Crippen LogP contribution is 2.34. The summed E-state index contributed by atoms with van der Waals surface area (Å²) >= 11 is 6.16. The van der Waals surface area contributed by atoms with Crippen LogP contribution in [0, 0.1) is 18.7 Å². The summed E-state index contributed by atoms with van der Waals surface area (Å²) in [4.78, 5) is 17.7. The molecular weight excluding hydrogens is 449 g/mol. The number of hydrogen-bond acceptors (Lipinski definition) is 3. The molecule has 2 aromatic rings. The molecule has 2 fully saturated rings. The largest absolute Gasteiger partial charge is 0.372 e. The molecule has 0 spiro atoms. The van der Waals surface area contributed by atoms with Crippen LogP contribution in [0.3, 0.4) is 0 Å². The molecule has 4 rings (SSSR count). The molecule has 1 aliphatic heterocycles. The maximum absolute atomic E-state index is 14.5. The minimum absolute atomic E-state index is 0.332. The number of amides is 1. The number of carbonyl (C=O) groups is 1. The van der Waals surface area contributed by atoms with Crippen molar-refractivity contribution < 1.29 is 9.18 Å². The van der Waals surface area contributed by atoms with Gasteiger partial charge in [0.2, 0.25) is 0 Å². The van der Waals surface area contributed by atoms with E-state index in [9.17, 15) is 9.18 Å². The Morgan fingerprint density at radius 2 is 1.85 bits per heavy atom. The lowest BCUT2D eigenvalue weighted by Crippen LogP contribution is -2.46. The number of anilines is 1. The molecule has 1 aliphatic carbocycles. The predicted molar refractivity (Wildman–Crippen MR) is 138 cm³/mol. The Hall–Kier alpha value is -2.37. The van der Waals surface area contributed by atoms with Crippen molar-refractivity contribution in [3.8, 4) is 0 Å². The Kier molecular flexibility index (Phi) is 8.28. The van der Waals surface area contributed by atoms with Crippen molar-refractivity contribution in [2.24, 2.45) is 5.92 Å². The van der Waals surface area contributed by atoms with Crippen molar-refractivity contribution in [2.75, 3.05) is 31.5 Å². The number of halogens is 2. The number of rotatable bonds is 7. The van der Waals surface area contributed by atoms with E-state index >= 15 is 0 Å².